The van der Waals surface area contributed by atoms with Crippen molar-refractivity contribution in [3.8, 4) is 0 Å². The molecule has 2 radical (unpaired) electrons. The van der Waals surface area contributed by atoms with Gasteiger partial charge < -0.3 is 5.11 Å². The number of nitrogens with zero attached hydrogens (tertiary/aromatic N) is 1. The zero-order valence-electron chi connectivity index (χ0n) is 5.41. The first kappa shape index (κ1) is 8.08. The van der Waals surface area contributed by atoms with Crippen LogP contribution in [0, 0.1) is 0 Å². The van der Waals surface area contributed by atoms with Gasteiger partial charge in [-0.2, -0.15) is 0 Å². The molecule has 0 unspecified atom stereocenters. The van der Waals surface area contributed by atoms with Crippen LogP contribution in [0.4, 0.5) is 0 Å². The molecule has 3 nitrogen and oxygen atoms in total. The van der Waals surface area contributed by atoms with E-state index in [1.807, 2.05) is 0 Å². The Morgan fingerprint density at radius 3 is 2.82 bits per heavy atom. The van der Waals surface area contributed by atoms with Crippen molar-refractivity contribution in [2.45, 2.75) is 0 Å². The van der Waals surface area contributed by atoms with E-state index < -0.39 is 5.97 Å². The number of halogens is 1. The standard InChI is InChI=1S/C6H3BClNO2/c7-4-1-3(6(10)11)2-9-5(4)8/h1-2H,(H,10,11). The lowest BCUT2D eigenvalue weighted by Crippen LogP contribution is -2.10. The van der Waals surface area contributed by atoms with Crippen LogP contribution < -0.4 is 5.46 Å². The zero-order chi connectivity index (χ0) is 8.43. The molecule has 1 aromatic rings. The summed E-state index contributed by atoms with van der Waals surface area (Å²) < 4.78 is 0. The van der Waals surface area contributed by atoms with Crippen LogP contribution in [0.5, 0.6) is 0 Å². The quantitative estimate of drug-likeness (QED) is 0.481. The fraction of sp³-hybridized carbons (Fsp3) is 0. The third-order valence-corrected chi connectivity index (χ3v) is 1.43. The number of carboxylic acids is 1. The van der Waals surface area contributed by atoms with Crippen molar-refractivity contribution in [1.82, 2.24) is 4.98 Å². The minimum atomic E-state index is -1.07. The number of aromatic nitrogens is 1. The summed E-state index contributed by atoms with van der Waals surface area (Å²) in [4.78, 5) is 13.9. The molecule has 0 aliphatic heterocycles. The Morgan fingerprint density at radius 1 is 1.73 bits per heavy atom. The van der Waals surface area contributed by atoms with Gasteiger partial charge in [-0.25, -0.2) is 9.78 Å². The summed E-state index contributed by atoms with van der Waals surface area (Å²) in [7, 11) is 5.30. The molecule has 0 aromatic carbocycles. The van der Waals surface area contributed by atoms with Crippen molar-refractivity contribution in [2.24, 2.45) is 0 Å². The van der Waals surface area contributed by atoms with Crippen LogP contribution >= 0.6 is 11.6 Å². The van der Waals surface area contributed by atoms with E-state index in [1.54, 1.807) is 0 Å². The van der Waals surface area contributed by atoms with Crippen LogP contribution in [0.15, 0.2) is 12.3 Å². The summed E-state index contributed by atoms with van der Waals surface area (Å²) in [5.41, 5.74) is 0.207. The van der Waals surface area contributed by atoms with Gasteiger partial charge in [-0.3, -0.25) is 0 Å². The van der Waals surface area contributed by atoms with Crippen molar-refractivity contribution in [3.05, 3.63) is 23.0 Å². The maximum atomic E-state index is 10.3. The molecule has 1 N–H and O–H groups in total. The molecule has 54 valence electrons. The Morgan fingerprint density at radius 2 is 2.36 bits per heavy atom. The van der Waals surface area contributed by atoms with Crippen molar-refractivity contribution in [2.75, 3.05) is 0 Å². The number of rotatable bonds is 1. The summed E-state index contributed by atoms with van der Waals surface area (Å²) in [6.07, 6.45) is 1.15. The molecule has 1 aromatic heterocycles. The van der Waals surface area contributed by atoms with Crippen LogP contribution in [-0.4, -0.2) is 23.9 Å². The van der Waals surface area contributed by atoms with Crippen molar-refractivity contribution in [3.63, 3.8) is 0 Å². The lowest BCUT2D eigenvalue weighted by molar-refractivity contribution is 0.0696. The second-order valence-electron chi connectivity index (χ2n) is 1.91. The Balaban J connectivity index is 3.15. The average Bonchev–Trinajstić information content (AvgIpc) is 1.94. The fourth-order valence-corrected chi connectivity index (χ4v) is 0.685. The molecule has 5 heteroatoms. The SMILES string of the molecule is [B]c1cc(C(=O)O)cnc1Cl. The second kappa shape index (κ2) is 2.92. The molecule has 0 aliphatic rings. The fourth-order valence-electron chi connectivity index (χ4n) is 0.582. The highest BCUT2D eigenvalue weighted by atomic mass is 35.5. The lowest BCUT2D eigenvalue weighted by atomic mass is 9.97. The number of aromatic carboxylic acids is 1. The Labute approximate surface area is 69.4 Å². The molecule has 0 bridgehead atoms. The van der Waals surface area contributed by atoms with E-state index in [1.165, 1.54) is 6.07 Å². The van der Waals surface area contributed by atoms with Crippen molar-refractivity contribution < 1.29 is 9.90 Å². The molecule has 1 rings (SSSR count). The number of pyridine rings is 1. The molecule has 0 saturated heterocycles. The first-order chi connectivity index (χ1) is 5.11. The van der Waals surface area contributed by atoms with Gasteiger partial charge >= 0.3 is 5.97 Å². The molecule has 0 atom stereocenters. The van der Waals surface area contributed by atoms with Gasteiger partial charge in [0.15, 0.2) is 0 Å². The minimum Gasteiger partial charge on any atom is -0.478 e. The molecular weight excluding hydrogens is 164 g/mol. The van der Waals surface area contributed by atoms with Gasteiger partial charge in [0.05, 0.1) is 5.56 Å². The van der Waals surface area contributed by atoms with E-state index in [0.29, 0.717) is 0 Å². The summed E-state index contributed by atoms with van der Waals surface area (Å²) in [5.74, 6) is -1.07. The smallest absolute Gasteiger partial charge is 0.337 e. The van der Waals surface area contributed by atoms with E-state index in [9.17, 15) is 4.79 Å². The van der Waals surface area contributed by atoms with Gasteiger partial charge in [0.1, 0.15) is 13.0 Å². The van der Waals surface area contributed by atoms with E-state index in [4.69, 9.17) is 24.6 Å². The van der Waals surface area contributed by atoms with Gasteiger partial charge in [-0.1, -0.05) is 23.1 Å². The van der Waals surface area contributed by atoms with Crippen LogP contribution in [-0.2, 0) is 0 Å². The molecule has 0 fully saturated rings. The van der Waals surface area contributed by atoms with Crippen LogP contribution in [0.1, 0.15) is 10.4 Å². The Bertz CT molecular complexity index is 303. The van der Waals surface area contributed by atoms with E-state index in [2.05, 4.69) is 4.98 Å². The van der Waals surface area contributed by atoms with E-state index >= 15 is 0 Å². The Kier molecular flexibility index (Phi) is 2.15. The van der Waals surface area contributed by atoms with Crippen molar-refractivity contribution in [1.29, 1.82) is 0 Å². The Hall–Kier alpha value is -1.03. The normalized spacial score (nSPS) is 9.55. The van der Waals surface area contributed by atoms with E-state index in [-0.39, 0.29) is 16.2 Å². The van der Waals surface area contributed by atoms with Gasteiger partial charge in [0.2, 0.25) is 0 Å². The monoisotopic (exact) mass is 167 g/mol. The summed E-state index contributed by atoms with van der Waals surface area (Å²) >= 11 is 5.46. The molecule has 0 amide bonds. The maximum absolute atomic E-state index is 10.3. The third-order valence-electron chi connectivity index (χ3n) is 1.11. The van der Waals surface area contributed by atoms with Gasteiger partial charge in [-0.05, 0) is 0 Å². The molecule has 1 heterocycles. The highest BCUT2D eigenvalue weighted by Crippen LogP contribution is 2.01. The molecule has 0 spiro atoms. The van der Waals surface area contributed by atoms with Crippen LogP contribution in [0.3, 0.4) is 0 Å². The summed E-state index contributed by atoms with van der Waals surface area (Å²) in [5, 5.41) is 8.58. The third kappa shape index (κ3) is 1.71. The number of hydrogen-bond donors (Lipinski definition) is 1. The summed E-state index contributed by atoms with van der Waals surface area (Å²) in [6.45, 7) is 0. The largest absolute Gasteiger partial charge is 0.478 e. The van der Waals surface area contributed by atoms with Gasteiger partial charge in [-0.15, -0.1) is 0 Å². The molecular formula is C6H3BClNO2. The number of carboxylic acid groups (broad SMARTS) is 1. The minimum absolute atomic E-state index is 0.0342. The van der Waals surface area contributed by atoms with Gasteiger partial charge in [0.25, 0.3) is 0 Å². The van der Waals surface area contributed by atoms with Gasteiger partial charge in [0, 0.05) is 6.20 Å². The highest BCUT2D eigenvalue weighted by Gasteiger charge is 2.04. The predicted molar refractivity (Wildman–Crippen MR) is 41.6 cm³/mol. The summed E-state index contributed by atoms with van der Waals surface area (Å²) in [6, 6.07) is 1.26. The highest BCUT2D eigenvalue weighted by molar-refractivity contribution is 6.44. The van der Waals surface area contributed by atoms with Crippen molar-refractivity contribution >= 4 is 30.9 Å². The average molecular weight is 167 g/mol. The van der Waals surface area contributed by atoms with Crippen LogP contribution in [0.25, 0.3) is 0 Å². The molecule has 0 saturated carbocycles. The maximum Gasteiger partial charge on any atom is 0.337 e. The molecule has 11 heavy (non-hydrogen) atoms. The topological polar surface area (TPSA) is 50.2 Å². The second-order valence-corrected chi connectivity index (χ2v) is 2.27. The predicted octanol–water partition coefficient (Wildman–Crippen LogP) is 0.227. The van der Waals surface area contributed by atoms with E-state index in [0.717, 1.165) is 6.20 Å². The lowest BCUT2D eigenvalue weighted by Gasteiger charge is -1.97. The first-order valence-electron chi connectivity index (χ1n) is 2.75. The number of carbonyl (C=O) groups is 1. The van der Waals surface area contributed by atoms with Crippen LogP contribution in [0.2, 0.25) is 5.15 Å². The number of hydrogen-bond acceptors (Lipinski definition) is 2. The zero-order valence-corrected chi connectivity index (χ0v) is 6.17. The first-order valence-corrected chi connectivity index (χ1v) is 3.13. The molecule has 0 aliphatic carbocycles.